The second kappa shape index (κ2) is 8.40. The van der Waals surface area contributed by atoms with Gasteiger partial charge >= 0.3 is 0 Å². The van der Waals surface area contributed by atoms with E-state index in [1.54, 1.807) is 18.2 Å². The number of carbonyl (C=O) groups excluding carboxylic acids is 2. The summed E-state index contributed by atoms with van der Waals surface area (Å²) in [4.78, 5) is 26.6. The van der Waals surface area contributed by atoms with Crippen LogP contribution in [0.15, 0.2) is 18.2 Å². The van der Waals surface area contributed by atoms with E-state index in [1.807, 2.05) is 18.7 Å². The summed E-state index contributed by atoms with van der Waals surface area (Å²) in [6.45, 7) is 6.25. The van der Waals surface area contributed by atoms with Crippen LogP contribution in [0.5, 0.6) is 0 Å². The van der Waals surface area contributed by atoms with Gasteiger partial charge in [-0.05, 0) is 56.3 Å². The highest BCUT2D eigenvalue weighted by atomic mass is 35.5. The number of rotatable bonds is 6. The molecule has 142 valence electrons. The predicted molar refractivity (Wildman–Crippen MR) is 105 cm³/mol. The molecule has 1 aliphatic carbocycles. The molecule has 0 aromatic heterocycles. The predicted octanol–water partition coefficient (Wildman–Crippen LogP) is 3.54. The molecule has 2 fully saturated rings. The molecule has 3 rings (SSSR count). The lowest BCUT2D eigenvalue weighted by Gasteiger charge is -2.33. The molecule has 26 heavy (non-hydrogen) atoms. The van der Waals surface area contributed by atoms with E-state index in [0.717, 1.165) is 38.4 Å². The fourth-order valence-corrected chi connectivity index (χ4v) is 3.36. The summed E-state index contributed by atoms with van der Waals surface area (Å²) in [7, 11) is 0. The van der Waals surface area contributed by atoms with E-state index < -0.39 is 0 Å². The minimum Gasteiger partial charge on any atom is -0.338 e. The first-order valence-electron chi connectivity index (χ1n) is 9.57. The average molecular weight is 378 g/mol. The number of carbonyl (C=O) groups is 2. The number of hydrogen-bond acceptors (Lipinski definition) is 3. The van der Waals surface area contributed by atoms with Gasteiger partial charge < -0.3 is 15.5 Å². The molecule has 0 unspecified atom stereocenters. The van der Waals surface area contributed by atoms with Crippen LogP contribution in [0.1, 0.15) is 49.9 Å². The molecule has 1 saturated heterocycles. The maximum atomic E-state index is 12.9. The topological polar surface area (TPSA) is 61.4 Å². The van der Waals surface area contributed by atoms with Crippen LogP contribution in [0.2, 0.25) is 5.02 Å². The Morgan fingerprint density at radius 2 is 1.88 bits per heavy atom. The molecular weight excluding hydrogens is 350 g/mol. The first kappa shape index (κ1) is 19.2. The Bertz CT molecular complexity index is 665. The fraction of sp³-hybridized carbons (Fsp3) is 0.600. The number of anilines is 1. The monoisotopic (exact) mass is 377 g/mol. The third-order valence-corrected chi connectivity index (χ3v) is 5.49. The van der Waals surface area contributed by atoms with Gasteiger partial charge in [0, 0.05) is 30.7 Å². The van der Waals surface area contributed by atoms with E-state index in [1.165, 1.54) is 12.8 Å². The van der Waals surface area contributed by atoms with Gasteiger partial charge in [0.15, 0.2) is 0 Å². The van der Waals surface area contributed by atoms with Crippen LogP contribution in [0.3, 0.4) is 0 Å². The molecule has 0 bridgehead atoms. The van der Waals surface area contributed by atoms with Crippen molar-refractivity contribution in [1.82, 2.24) is 10.2 Å². The van der Waals surface area contributed by atoms with Gasteiger partial charge in [-0.1, -0.05) is 25.4 Å². The summed E-state index contributed by atoms with van der Waals surface area (Å²) in [5, 5.41) is 6.88. The second-order valence-electron chi connectivity index (χ2n) is 7.76. The van der Waals surface area contributed by atoms with Crippen molar-refractivity contribution in [3.63, 3.8) is 0 Å². The van der Waals surface area contributed by atoms with E-state index in [4.69, 9.17) is 11.6 Å². The maximum Gasteiger partial charge on any atom is 0.255 e. The zero-order valence-electron chi connectivity index (χ0n) is 15.6. The number of piperidine rings is 1. The second-order valence-corrected chi connectivity index (χ2v) is 8.16. The lowest BCUT2D eigenvalue weighted by Crippen LogP contribution is -2.45. The van der Waals surface area contributed by atoms with Crippen LogP contribution in [0.4, 0.5) is 5.69 Å². The quantitative estimate of drug-likeness (QED) is 0.797. The minimum atomic E-state index is -0.119. The number of nitrogens with one attached hydrogen (secondary N) is 2. The molecule has 1 aromatic carbocycles. The Labute approximate surface area is 160 Å². The summed E-state index contributed by atoms with van der Waals surface area (Å²) in [5.41, 5.74) is 1.06. The van der Waals surface area contributed by atoms with Crippen molar-refractivity contribution < 1.29 is 9.59 Å². The summed E-state index contributed by atoms with van der Waals surface area (Å²) in [6.07, 6.45) is 4.65. The summed E-state index contributed by atoms with van der Waals surface area (Å²) in [5.74, 6) is 0.619. The molecule has 1 aromatic rings. The molecule has 2 N–H and O–H groups in total. The van der Waals surface area contributed by atoms with E-state index in [0.29, 0.717) is 22.3 Å². The van der Waals surface area contributed by atoms with Gasteiger partial charge in [-0.2, -0.15) is 0 Å². The van der Waals surface area contributed by atoms with Crippen LogP contribution in [0.25, 0.3) is 0 Å². The first-order valence-corrected chi connectivity index (χ1v) is 9.95. The highest BCUT2D eigenvalue weighted by molar-refractivity contribution is 6.34. The van der Waals surface area contributed by atoms with Gasteiger partial charge in [0.1, 0.15) is 0 Å². The van der Waals surface area contributed by atoms with E-state index in [9.17, 15) is 9.59 Å². The van der Waals surface area contributed by atoms with E-state index in [2.05, 4.69) is 10.6 Å². The van der Waals surface area contributed by atoms with Gasteiger partial charge in [0.2, 0.25) is 5.91 Å². The molecule has 0 spiro atoms. The highest BCUT2D eigenvalue weighted by Gasteiger charge is 2.27. The molecule has 2 aliphatic rings. The number of nitrogens with zero attached hydrogens (tertiary/aromatic N) is 1. The van der Waals surface area contributed by atoms with E-state index >= 15 is 0 Å². The van der Waals surface area contributed by atoms with Crippen LogP contribution >= 0.6 is 11.6 Å². The Morgan fingerprint density at radius 3 is 2.50 bits per heavy atom. The van der Waals surface area contributed by atoms with Gasteiger partial charge in [-0.25, -0.2) is 0 Å². The number of halogens is 1. The fourth-order valence-electron chi connectivity index (χ4n) is 3.17. The smallest absolute Gasteiger partial charge is 0.255 e. The standard InChI is InChI=1S/C20H28ClN3O2/c1-13(2)19(25)23-16-5-6-18(21)17(11-16)20(26)24-9-7-15(8-10-24)22-12-14-3-4-14/h5-6,11,13-15,22H,3-4,7-10,12H2,1-2H3,(H,23,25). The Kier molecular flexibility index (Phi) is 6.20. The molecule has 5 nitrogen and oxygen atoms in total. The van der Waals surface area contributed by atoms with Crippen molar-refractivity contribution in [2.24, 2.45) is 11.8 Å². The third kappa shape index (κ3) is 4.98. The zero-order valence-corrected chi connectivity index (χ0v) is 16.3. The normalized spacial score (nSPS) is 18.2. The Morgan fingerprint density at radius 1 is 1.19 bits per heavy atom. The van der Waals surface area contributed by atoms with E-state index in [-0.39, 0.29) is 17.7 Å². The average Bonchev–Trinajstić information content (AvgIpc) is 3.46. The number of likely N-dealkylation sites (tertiary alicyclic amines) is 1. The van der Waals surface area contributed by atoms with Gasteiger partial charge in [0.25, 0.3) is 5.91 Å². The SMILES string of the molecule is CC(C)C(=O)Nc1ccc(Cl)c(C(=O)N2CCC(NCC3CC3)CC2)c1. The highest BCUT2D eigenvalue weighted by Crippen LogP contribution is 2.28. The molecule has 2 amide bonds. The van der Waals surface area contributed by atoms with Gasteiger partial charge in [-0.15, -0.1) is 0 Å². The van der Waals surface area contributed by atoms with Gasteiger partial charge in [-0.3, -0.25) is 9.59 Å². The third-order valence-electron chi connectivity index (χ3n) is 5.16. The molecule has 6 heteroatoms. The van der Waals surface area contributed by atoms with Crippen molar-refractivity contribution >= 4 is 29.1 Å². The van der Waals surface area contributed by atoms with Crippen LogP contribution in [-0.2, 0) is 4.79 Å². The van der Waals surface area contributed by atoms with Gasteiger partial charge in [0.05, 0.1) is 10.6 Å². The summed E-state index contributed by atoms with van der Waals surface area (Å²) in [6, 6.07) is 5.59. The largest absolute Gasteiger partial charge is 0.338 e. The summed E-state index contributed by atoms with van der Waals surface area (Å²) >= 11 is 6.26. The van der Waals surface area contributed by atoms with Crippen molar-refractivity contribution in [2.45, 2.75) is 45.6 Å². The molecule has 1 aliphatic heterocycles. The number of hydrogen-bond donors (Lipinski definition) is 2. The minimum absolute atomic E-state index is 0.0590. The lowest BCUT2D eigenvalue weighted by atomic mass is 10.0. The zero-order chi connectivity index (χ0) is 18.7. The lowest BCUT2D eigenvalue weighted by molar-refractivity contribution is -0.118. The van der Waals surface area contributed by atoms with Crippen molar-refractivity contribution in [3.8, 4) is 0 Å². The molecule has 0 atom stereocenters. The Hall–Kier alpha value is -1.59. The van der Waals surface area contributed by atoms with Crippen molar-refractivity contribution in [3.05, 3.63) is 28.8 Å². The maximum absolute atomic E-state index is 12.9. The molecular formula is C20H28ClN3O2. The number of benzene rings is 1. The van der Waals surface area contributed by atoms with Crippen LogP contribution in [-0.4, -0.2) is 42.4 Å². The van der Waals surface area contributed by atoms with Crippen LogP contribution < -0.4 is 10.6 Å². The van der Waals surface area contributed by atoms with Crippen molar-refractivity contribution in [2.75, 3.05) is 25.0 Å². The summed E-state index contributed by atoms with van der Waals surface area (Å²) < 4.78 is 0. The molecule has 0 radical (unpaired) electrons. The van der Waals surface area contributed by atoms with Crippen molar-refractivity contribution in [1.29, 1.82) is 0 Å². The number of amides is 2. The van der Waals surface area contributed by atoms with Crippen LogP contribution in [0, 0.1) is 11.8 Å². The first-order chi connectivity index (χ1) is 12.4. The molecule has 1 saturated carbocycles. The molecule has 1 heterocycles. The Balaban J connectivity index is 1.59.